The van der Waals surface area contributed by atoms with Gasteiger partial charge in [-0.15, -0.1) is 0 Å². The molecule has 0 aliphatic rings. The Bertz CT molecular complexity index is 396. The van der Waals surface area contributed by atoms with Crippen LogP contribution in [-0.2, 0) is 6.42 Å². The third kappa shape index (κ3) is 5.32. The van der Waals surface area contributed by atoms with Crippen molar-refractivity contribution < 1.29 is 4.74 Å². The molecule has 0 spiro atoms. The summed E-state index contributed by atoms with van der Waals surface area (Å²) in [5.74, 6) is 0.870. The SMILES string of the molecule is CC(C)N(CCOc1ccc(CC#N)cc1)C(C)C. The second-order valence-electron chi connectivity index (χ2n) is 5.25. The number of ether oxygens (including phenoxy) is 1. The van der Waals surface area contributed by atoms with E-state index in [0.29, 0.717) is 25.1 Å². The lowest BCUT2D eigenvalue weighted by atomic mass is 10.2. The van der Waals surface area contributed by atoms with Crippen LogP contribution in [0.5, 0.6) is 5.75 Å². The summed E-state index contributed by atoms with van der Waals surface area (Å²) in [4.78, 5) is 2.41. The molecule has 0 bridgehead atoms. The summed E-state index contributed by atoms with van der Waals surface area (Å²) in [6.07, 6.45) is 0.453. The van der Waals surface area contributed by atoms with Crippen molar-refractivity contribution >= 4 is 0 Å². The Balaban J connectivity index is 2.42. The maximum absolute atomic E-state index is 8.61. The molecule has 1 rings (SSSR count). The molecule has 0 aliphatic heterocycles. The van der Waals surface area contributed by atoms with Gasteiger partial charge >= 0.3 is 0 Å². The standard InChI is InChI=1S/C16H24N2O/c1-13(2)18(14(3)4)11-12-19-16-7-5-15(6-8-16)9-10-17/h5-8,13-14H,9,11-12H2,1-4H3. The minimum atomic E-state index is 0.453. The van der Waals surface area contributed by atoms with Gasteiger partial charge in [0.15, 0.2) is 0 Å². The zero-order valence-corrected chi connectivity index (χ0v) is 12.4. The molecule has 0 atom stereocenters. The molecule has 0 radical (unpaired) electrons. The highest BCUT2D eigenvalue weighted by Gasteiger charge is 2.12. The summed E-state index contributed by atoms with van der Waals surface area (Å²) >= 11 is 0. The third-order valence-electron chi connectivity index (χ3n) is 3.15. The summed E-state index contributed by atoms with van der Waals surface area (Å²) in [6.45, 7) is 10.4. The second kappa shape index (κ2) is 7.81. The fraction of sp³-hybridized carbons (Fsp3) is 0.562. The van der Waals surface area contributed by atoms with Crippen LogP contribution in [0.15, 0.2) is 24.3 Å². The second-order valence-corrected chi connectivity index (χ2v) is 5.25. The summed E-state index contributed by atoms with van der Waals surface area (Å²) in [5.41, 5.74) is 1.03. The van der Waals surface area contributed by atoms with Crippen molar-refractivity contribution in [1.29, 1.82) is 5.26 Å². The van der Waals surface area contributed by atoms with Gasteiger partial charge in [0.05, 0.1) is 12.5 Å². The maximum Gasteiger partial charge on any atom is 0.119 e. The summed E-state index contributed by atoms with van der Waals surface area (Å²) in [6, 6.07) is 11.0. The molecule has 3 nitrogen and oxygen atoms in total. The first-order valence-corrected chi connectivity index (χ1v) is 6.89. The molecule has 19 heavy (non-hydrogen) atoms. The Morgan fingerprint density at radius 3 is 2.16 bits per heavy atom. The van der Waals surface area contributed by atoms with Gasteiger partial charge in [-0.25, -0.2) is 0 Å². The number of benzene rings is 1. The van der Waals surface area contributed by atoms with E-state index < -0.39 is 0 Å². The fourth-order valence-electron chi connectivity index (χ4n) is 2.18. The van der Waals surface area contributed by atoms with E-state index >= 15 is 0 Å². The highest BCUT2D eigenvalue weighted by atomic mass is 16.5. The predicted octanol–water partition coefficient (Wildman–Crippen LogP) is 3.25. The molecule has 1 aromatic carbocycles. The van der Waals surface area contributed by atoms with Crippen LogP contribution >= 0.6 is 0 Å². The largest absolute Gasteiger partial charge is 0.492 e. The Hall–Kier alpha value is -1.53. The molecule has 0 aromatic heterocycles. The first-order chi connectivity index (χ1) is 9.04. The topological polar surface area (TPSA) is 36.3 Å². The lowest BCUT2D eigenvalue weighted by molar-refractivity contribution is 0.142. The number of nitriles is 1. The van der Waals surface area contributed by atoms with Gasteiger partial charge in [0.25, 0.3) is 0 Å². The number of nitrogens with zero attached hydrogens (tertiary/aromatic N) is 2. The van der Waals surface area contributed by atoms with Gasteiger partial charge in [-0.05, 0) is 45.4 Å². The molecule has 0 saturated carbocycles. The van der Waals surface area contributed by atoms with E-state index in [1.54, 1.807) is 0 Å². The van der Waals surface area contributed by atoms with Crippen LogP contribution in [0.3, 0.4) is 0 Å². The minimum Gasteiger partial charge on any atom is -0.492 e. The van der Waals surface area contributed by atoms with Gasteiger partial charge < -0.3 is 4.74 Å². The normalized spacial score (nSPS) is 11.1. The zero-order valence-electron chi connectivity index (χ0n) is 12.4. The first kappa shape index (κ1) is 15.5. The van der Waals surface area contributed by atoms with Crippen molar-refractivity contribution in [2.24, 2.45) is 0 Å². The van der Waals surface area contributed by atoms with Crippen molar-refractivity contribution in [1.82, 2.24) is 4.90 Å². The van der Waals surface area contributed by atoms with Crippen molar-refractivity contribution in [3.63, 3.8) is 0 Å². The average Bonchev–Trinajstić information content (AvgIpc) is 2.36. The van der Waals surface area contributed by atoms with Gasteiger partial charge in [0.2, 0.25) is 0 Å². The Morgan fingerprint density at radius 1 is 1.11 bits per heavy atom. The zero-order chi connectivity index (χ0) is 14.3. The van der Waals surface area contributed by atoms with E-state index in [1.165, 1.54) is 0 Å². The molecule has 0 fully saturated rings. The van der Waals surface area contributed by atoms with Gasteiger partial charge in [0, 0.05) is 18.6 Å². The predicted molar refractivity (Wildman–Crippen MR) is 78.2 cm³/mol. The van der Waals surface area contributed by atoms with Gasteiger partial charge in [-0.3, -0.25) is 4.90 Å². The van der Waals surface area contributed by atoms with Crippen molar-refractivity contribution in [3.8, 4) is 11.8 Å². The van der Waals surface area contributed by atoms with Crippen LogP contribution in [-0.4, -0.2) is 30.1 Å². The summed E-state index contributed by atoms with van der Waals surface area (Å²) in [7, 11) is 0. The molecular weight excluding hydrogens is 236 g/mol. The molecular formula is C16H24N2O. The number of hydrogen-bond acceptors (Lipinski definition) is 3. The first-order valence-electron chi connectivity index (χ1n) is 6.89. The lowest BCUT2D eigenvalue weighted by Gasteiger charge is -2.30. The monoisotopic (exact) mass is 260 g/mol. The fourth-order valence-corrected chi connectivity index (χ4v) is 2.18. The Labute approximate surface area is 116 Å². The molecule has 0 N–H and O–H groups in total. The molecule has 0 heterocycles. The number of rotatable bonds is 7. The Kier molecular flexibility index (Phi) is 6.38. The Morgan fingerprint density at radius 2 is 1.68 bits per heavy atom. The van der Waals surface area contributed by atoms with E-state index in [4.69, 9.17) is 10.00 Å². The van der Waals surface area contributed by atoms with Crippen LogP contribution in [0.4, 0.5) is 0 Å². The van der Waals surface area contributed by atoms with E-state index in [0.717, 1.165) is 17.9 Å². The maximum atomic E-state index is 8.61. The molecule has 0 unspecified atom stereocenters. The molecule has 0 amide bonds. The average molecular weight is 260 g/mol. The van der Waals surface area contributed by atoms with E-state index in [9.17, 15) is 0 Å². The van der Waals surface area contributed by atoms with Crippen molar-refractivity contribution in [2.75, 3.05) is 13.2 Å². The van der Waals surface area contributed by atoms with Gasteiger partial charge in [-0.1, -0.05) is 12.1 Å². The van der Waals surface area contributed by atoms with Crippen LogP contribution in [0.1, 0.15) is 33.3 Å². The highest BCUT2D eigenvalue weighted by Crippen LogP contribution is 2.13. The van der Waals surface area contributed by atoms with Crippen LogP contribution in [0.25, 0.3) is 0 Å². The summed E-state index contributed by atoms with van der Waals surface area (Å²) < 4.78 is 5.75. The molecule has 104 valence electrons. The molecule has 1 aromatic rings. The van der Waals surface area contributed by atoms with E-state index in [-0.39, 0.29) is 0 Å². The molecule has 0 saturated heterocycles. The van der Waals surface area contributed by atoms with Gasteiger partial charge in [-0.2, -0.15) is 5.26 Å². The smallest absolute Gasteiger partial charge is 0.119 e. The summed E-state index contributed by atoms with van der Waals surface area (Å²) in [5, 5.41) is 8.61. The van der Waals surface area contributed by atoms with Crippen molar-refractivity contribution in [2.45, 2.75) is 46.2 Å². The van der Waals surface area contributed by atoms with Gasteiger partial charge in [0.1, 0.15) is 12.4 Å². The quantitative estimate of drug-likeness (QED) is 0.755. The van der Waals surface area contributed by atoms with Crippen LogP contribution in [0.2, 0.25) is 0 Å². The lowest BCUT2D eigenvalue weighted by Crippen LogP contribution is -2.39. The minimum absolute atomic E-state index is 0.453. The molecule has 3 heteroatoms. The van der Waals surface area contributed by atoms with Crippen LogP contribution < -0.4 is 4.74 Å². The van der Waals surface area contributed by atoms with Crippen LogP contribution in [0, 0.1) is 11.3 Å². The number of hydrogen-bond donors (Lipinski definition) is 0. The third-order valence-corrected chi connectivity index (χ3v) is 3.15. The van der Waals surface area contributed by atoms with Crippen molar-refractivity contribution in [3.05, 3.63) is 29.8 Å². The van der Waals surface area contributed by atoms with E-state index in [1.807, 2.05) is 24.3 Å². The van der Waals surface area contributed by atoms with E-state index in [2.05, 4.69) is 38.7 Å². The molecule has 0 aliphatic carbocycles. The highest BCUT2D eigenvalue weighted by molar-refractivity contribution is 5.28.